The molecule has 2 aromatic carbocycles. The minimum absolute atomic E-state index is 0.0497. The van der Waals surface area contributed by atoms with Crippen LogP contribution in [0.15, 0.2) is 48.5 Å². The molecule has 1 aliphatic heterocycles. The second-order valence-corrected chi connectivity index (χ2v) is 13.7. The van der Waals surface area contributed by atoms with Crippen LogP contribution in [0.1, 0.15) is 96.6 Å². The summed E-state index contributed by atoms with van der Waals surface area (Å²) in [5, 5.41) is 3.24. The number of nitrogens with zero attached hydrogens (tertiary/aromatic N) is 1. The zero-order valence-electron chi connectivity index (χ0n) is 23.0. The molecule has 0 aromatic heterocycles. The lowest BCUT2D eigenvalue weighted by molar-refractivity contribution is -0.119. The van der Waals surface area contributed by atoms with Crippen molar-refractivity contribution in [3.8, 4) is 0 Å². The molecule has 4 saturated carbocycles. The van der Waals surface area contributed by atoms with Gasteiger partial charge in [0.15, 0.2) is 0 Å². The van der Waals surface area contributed by atoms with Gasteiger partial charge >= 0.3 is 0 Å². The molecular weight excluding hydrogens is 456 g/mol. The van der Waals surface area contributed by atoms with Gasteiger partial charge in [-0.3, -0.25) is 9.59 Å². The minimum Gasteiger partial charge on any atom is -0.326 e. The van der Waals surface area contributed by atoms with Crippen molar-refractivity contribution >= 4 is 23.2 Å². The first kappa shape index (κ1) is 24.7. The van der Waals surface area contributed by atoms with Crippen molar-refractivity contribution in [2.45, 2.75) is 96.4 Å². The maximum atomic E-state index is 13.2. The lowest BCUT2D eigenvalue weighted by atomic mass is 9.48. The van der Waals surface area contributed by atoms with Crippen molar-refractivity contribution in [2.75, 3.05) is 10.2 Å². The third-order valence-corrected chi connectivity index (χ3v) is 10.3. The van der Waals surface area contributed by atoms with Crippen molar-refractivity contribution in [3.05, 3.63) is 59.7 Å². The van der Waals surface area contributed by atoms with Gasteiger partial charge < -0.3 is 10.2 Å². The Morgan fingerprint density at radius 3 is 2.14 bits per heavy atom. The number of hydrogen-bond donors (Lipinski definition) is 1. The molecule has 4 aliphatic carbocycles. The smallest absolute Gasteiger partial charge is 0.224 e. The summed E-state index contributed by atoms with van der Waals surface area (Å²) >= 11 is 0. The predicted octanol–water partition coefficient (Wildman–Crippen LogP) is 7.46. The maximum Gasteiger partial charge on any atom is 0.224 e. The van der Waals surface area contributed by atoms with Crippen LogP contribution >= 0.6 is 0 Å². The molecule has 1 atom stereocenters. The van der Waals surface area contributed by atoms with E-state index in [0.29, 0.717) is 11.8 Å². The van der Waals surface area contributed by atoms with Crippen molar-refractivity contribution in [3.63, 3.8) is 0 Å². The molecule has 1 heterocycles. The SMILES string of the molecule is CC(=O)N1c2ccc(NC(=O)CCC34CC5CC(CC(C5)C3)C4)cc2C(C)(c2ccccc2)CC1(C)C. The third-order valence-electron chi connectivity index (χ3n) is 10.3. The Bertz CT molecular complexity index is 1180. The van der Waals surface area contributed by atoms with Crippen LogP contribution in [0.2, 0.25) is 0 Å². The molecular formula is C33H42N2O2. The summed E-state index contributed by atoms with van der Waals surface area (Å²) in [5.74, 6) is 2.92. The van der Waals surface area contributed by atoms with Crippen LogP contribution in [0.5, 0.6) is 0 Å². The van der Waals surface area contributed by atoms with Crippen LogP contribution in [0, 0.1) is 23.2 Å². The average molecular weight is 499 g/mol. The molecule has 4 fully saturated rings. The highest BCUT2D eigenvalue weighted by atomic mass is 16.2. The van der Waals surface area contributed by atoms with E-state index in [1.807, 2.05) is 23.1 Å². The molecule has 4 nitrogen and oxygen atoms in total. The van der Waals surface area contributed by atoms with Crippen molar-refractivity contribution in [2.24, 2.45) is 23.2 Å². The first-order chi connectivity index (χ1) is 17.6. The number of fused-ring (bicyclic) bond motifs is 1. The molecule has 37 heavy (non-hydrogen) atoms. The highest BCUT2D eigenvalue weighted by molar-refractivity contribution is 5.96. The predicted molar refractivity (Wildman–Crippen MR) is 150 cm³/mol. The number of rotatable bonds is 5. The molecule has 1 N–H and O–H groups in total. The van der Waals surface area contributed by atoms with E-state index in [1.54, 1.807) is 6.92 Å². The lowest BCUT2D eigenvalue weighted by Gasteiger charge is -2.57. The summed E-state index contributed by atoms with van der Waals surface area (Å²) in [5.41, 5.74) is 3.94. The highest BCUT2D eigenvalue weighted by Gasteiger charge is 2.51. The van der Waals surface area contributed by atoms with Gasteiger partial charge in [0, 0.05) is 35.7 Å². The number of carbonyl (C=O) groups is 2. The summed E-state index contributed by atoms with van der Waals surface area (Å²) in [6.45, 7) is 8.23. The van der Waals surface area contributed by atoms with Crippen molar-refractivity contribution in [1.29, 1.82) is 0 Å². The second-order valence-electron chi connectivity index (χ2n) is 13.7. The Morgan fingerprint density at radius 2 is 1.54 bits per heavy atom. The van der Waals surface area contributed by atoms with E-state index in [9.17, 15) is 9.59 Å². The van der Waals surface area contributed by atoms with E-state index in [2.05, 4.69) is 56.4 Å². The summed E-state index contributed by atoms with van der Waals surface area (Å²) in [6.07, 6.45) is 10.8. The number of hydrogen-bond acceptors (Lipinski definition) is 2. The second kappa shape index (κ2) is 8.71. The standard InChI is InChI=1S/C33H42N2O2/c1-22(36)35-29-11-10-27(17-28(29)32(4,21-31(35,2)3)26-8-6-5-7-9-26)34-30(37)12-13-33-18-23-14-24(19-33)16-25(15-23)20-33/h5-11,17,23-25H,12-16,18-21H2,1-4H3,(H,34,37). The Kier molecular flexibility index (Phi) is 5.82. The Balaban J connectivity index is 1.25. The minimum atomic E-state index is -0.327. The fraction of sp³-hybridized carbons (Fsp3) is 0.576. The van der Waals surface area contributed by atoms with Crippen LogP contribution in [-0.4, -0.2) is 17.4 Å². The highest BCUT2D eigenvalue weighted by Crippen LogP contribution is 2.61. The van der Waals surface area contributed by atoms with Crippen molar-refractivity contribution in [1.82, 2.24) is 0 Å². The zero-order chi connectivity index (χ0) is 26.0. The molecule has 5 aliphatic rings. The van der Waals surface area contributed by atoms with Crippen molar-refractivity contribution < 1.29 is 9.59 Å². The largest absolute Gasteiger partial charge is 0.326 e. The molecule has 4 bridgehead atoms. The van der Waals surface area contributed by atoms with Gasteiger partial charge in [0.25, 0.3) is 0 Å². The fourth-order valence-corrected chi connectivity index (χ4v) is 9.47. The monoisotopic (exact) mass is 498 g/mol. The molecule has 196 valence electrons. The van der Waals surface area contributed by atoms with Gasteiger partial charge in [-0.25, -0.2) is 0 Å². The zero-order valence-corrected chi connectivity index (χ0v) is 23.0. The van der Waals surface area contributed by atoms with Crippen LogP contribution in [0.3, 0.4) is 0 Å². The molecule has 2 aromatic rings. The van der Waals surface area contributed by atoms with Gasteiger partial charge in [0.2, 0.25) is 11.8 Å². The Hall–Kier alpha value is -2.62. The van der Waals surface area contributed by atoms with Gasteiger partial charge in [0.1, 0.15) is 0 Å². The quantitative estimate of drug-likeness (QED) is 0.465. The van der Waals surface area contributed by atoms with Crippen LogP contribution in [-0.2, 0) is 15.0 Å². The van der Waals surface area contributed by atoms with Gasteiger partial charge in [-0.15, -0.1) is 0 Å². The van der Waals surface area contributed by atoms with Crippen LogP contribution in [0.25, 0.3) is 0 Å². The third kappa shape index (κ3) is 4.30. The maximum absolute atomic E-state index is 13.2. The molecule has 4 heteroatoms. The van der Waals surface area contributed by atoms with E-state index >= 15 is 0 Å². The first-order valence-corrected chi connectivity index (χ1v) is 14.4. The van der Waals surface area contributed by atoms with E-state index in [-0.39, 0.29) is 22.8 Å². The van der Waals surface area contributed by atoms with E-state index in [4.69, 9.17) is 0 Å². The molecule has 2 amide bonds. The lowest BCUT2D eigenvalue weighted by Crippen LogP contribution is -2.55. The van der Waals surface area contributed by atoms with Gasteiger partial charge in [-0.2, -0.15) is 0 Å². The fourth-order valence-electron chi connectivity index (χ4n) is 9.47. The van der Waals surface area contributed by atoms with E-state index in [0.717, 1.165) is 47.5 Å². The molecule has 7 rings (SSSR count). The normalized spacial score (nSPS) is 33.2. The number of anilines is 2. The van der Waals surface area contributed by atoms with Crippen LogP contribution < -0.4 is 10.2 Å². The summed E-state index contributed by atoms with van der Waals surface area (Å²) in [7, 11) is 0. The van der Waals surface area contributed by atoms with E-state index in [1.165, 1.54) is 44.1 Å². The number of carbonyl (C=O) groups excluding carboxylic acids is 2. The topological polar surface area (TPSA) is 49.4 Å². The molecule has 1 unspecified atom stereocenters. The molecule has 0 saturated heterocycles. The average Bonchev–Trinajstić information content (AvgIpc) is 2.82. The summed E-state index contributed by atoms with van der Waals surface area (Å²) in [6, 6.07) is 16.7. The Morgan fingerprint density at radius 1 is 0.919 bits per heavy atom. The summed E-state index contributed by atoms with van der Waals surface area (Å²) < 4.78 is 0. The number of benzene rings is 2. The van der Waals surface area contributed by atoms with E-state index < -0.39 is 0 Å². The van der Waals surface area contributed by atoms with Gasteiger partial charge in [0.05, 0.1) is 0 Å². The van der Waals surface area contributed by atoms with Crippen LogP contribution in [0.4, 0.5) is 11.4 Å². The molecule has 0 spiro atoms. The number of amides is 2. The number of nitrogens with one attached hydrogen (secondary N) is 1. The Labute approximate surface area is 222 Å². The van der Waals surface area contributed by atoms with Gasteiger partial charge in [-0.05, 0) is 118 Å². The summed E-state index contributed by atoms with van der Waals surface area (Å²) in [4.78, 5) is 27.9. The first-order valence-electron chi connectivity index (χ1n) is 14.4. The molecule has 0 radical (unpaired) electrons. The van der Waals surface area contributed by atoms with Gasteiger partial charge in [-0.1, -0.05) is 37.3 Å².